The van der Waals surface area contributed by atoms with Crippen molar-refractivity contribution in [3.63, 3.8) is 0 Å². The van der Waals surface area contributed by atoms with Crippen LogP contribution in [0.3, 0.4) is 0 Å². The quantitative estimate of drug-likeness (QED) is 0.611. The second-order valence-corrected chi connectivity index (χ2v) is 6.38. The summed E-state index contributed by atoms with van der Waals surface area (Å²) in [5.74, 6) is 4.71. The van der Waals surface area contributed by atoms with Crippen LogP contribution in [-0.2, 0) is 0 Å². The second-order valence-electron chi connectivity index (χ2n) is 5.06. The molecule has 1 atom stereocenters. The van der Waals surface area contributed by atoms with Crippen molar-refractivity contribution < 1.29 is 4.42 Å². The predicted octanol–water partition coefficient (Wildman–Crippen LogP) is 5.12. The van der Waals surface area contributed by atoms with Crippen LogP contribution in [0.2, 0.25) is 0 Å². The molecule has 0 saturated carbocycles. The Morgan fingerprint density at radius 3 is 2.48 bits per heavy atom. The lowest BCUT2D eigenvalue weighted by atomic mass is 9.91. The van der Waals surface area contributed by atoms with Gasteiger partial charge in [-0.2, -0.15) is 0 Å². The summed E-state index contributed by atoms with van der Waals surface area (Å²) in [6.07, 6.45) is 5.68. The number of rotatable bonds is 3. The number of hydrogen-bond acceptors (Lipinski definition) is 2. The maximum Gasteiger partial charge on any atom is 0.116 e. The van der Waals surface area contributed by atoms with Crippen LogP contribution in [0.1, 0.15) is 38.3 Å². The maximum absolute atomic E-state index is 5.90. The Morgan fingerprint density at radius 2 is 1.86 bits per heavy atom. The van der Waals surface area contributed by atoms with E-state index in [1.807, 2.05) is 37.3 Å². The van der Waals surface area contributed by atoms with E-state index in [1.54, 1.807) is 11.3 Å². The average Bonchev–Trinajstić information content (AvgIpc) is 3.09. The van der Waals surface area contributed by atoms with Crippen molar-refractivity contribution >= 4 is 11.3 Å². The first-order valence-corrected chi connectivity index (χ1v) is 7.69. The Balaban J connectivity index is 2.19. The molecule has 2 aromatic heterocycles. The van der Waals surface area contributed by atoms with Gasteiger partial charge >= 0.3 is 0 Å². The van der Waals surface area contributed by atoms with Crippen LogP contribution in [0, 0.1) is 26.2 Å². The number of terminal acetylenes is 1. The highest BCUT2D eigenvalue weighted by Crippen LogP contribution is 2.37. The number of thiophene rings is 1. The molecule has 0 aliphatic rings. The Hall–Kier alpha value is -2.24. The van der Waals surface area contributed by atoms with E-state index in [9.17, 15) is 0 Å². The highest BCUT2D eigenvalue weighted by Gasteiger charge is 2.23. The molecule has 0 fully saturated rings. The van der Waals surface area contributed by atoms with Gasteiger partial charge in [0.25, 0.3) is 0 Å². The zero-order valence-electron chi connectivity index (χ0n) is 12.1. The normalized spacial score (nSPS) is 12.0. The van der Waals surface area contributed by atoms with Gasteiger partial charge in [-0.1, -0.05) is 24.1 Å². The van der Waals surface area contributed by atoms with Crippen LogP contribution in [0.25, 0.3) is 0 Å². The molecule has 2 heteroatoms. The summed E-state index contributed by atoms with van der Waals surface area (Å²) in [6, 6.07) is 16.4. The Kier molecular flexibility index (Phi) is 3.68. The summed E-state index contributed by atoms with van der Waals surface area (Å²) >= 11 is 1.79. The topological polar surface area (TPSA) is 13.1 Å². The second kappa shape index (κ2) is 5.63. The molecule has 21 heavy (non-hydrogen) atoms. The lowest BCUT2D eigenvalue weighted by Gasteiger charge is -2.15. The Morgan fingerprint density at radius 1 is 1.05 bits per heavy atom. The van der Waals surface area contributed by atoms with Crippen molar-refractivity contribution in [2.45, 2.75) is 19.8 Å². The van der Waals surface area contributed by atoms with Crippen molar-refractivity contribution in [2.24, 2.45) is 0 Å². The zero-order valence-corrected chi connectivity index (χ0v) is 12.9. The third kappa shape index (κ3) is 2.66. The highest BCUT2D eigenvalue weighted by molar-refractivity contribution is 7.12. The molecule has 0 spiro atoms. The molecule has 0 saturated heterocycles. The van der Waals surface area contributed by atoms with Crippen molar-refractivity contribution in [3.05, 3.63) is 80.9 Å². The van der Waals surface area contributed by atoms with Gasteiger partial charge in [0, 0.05) is 15.3 Å². The average molecular weight is 292 g/mol. The first-order valence-electron chi connectivity index (χ1n) is 6.87. The van der Waals surface area contributed by atoms with Gasteiger partial charge in [0.15, 0.2) is 0 Å². The SMILES string of the molecule is C#Cc1ccccc1C(c1ccc(C)o1)c1ccc(C)s1. The van der Waals surface area contributed by atoms with E-state index in [4.69, 9.17) is 10.8 Å². The molecule has 3 rings (SSSR count). The predicted molar refractivity (Wildman–Crippen MR) is 87.8 cm³/mol. The van der Waals surface area contributed by atoms with Gasteiger partial charge in [-0.25, -0.2) is 0 Å². The molecule has 0 aliphatic heterocycles. The Labute approximate surface area is 129 Å². The van der Waals surface area contributed by atoms with Crippen molar-refractivity contribution in [2.75, 3.05) is 0 Å². The van der Waals surface area contributed by atoms with Crippen LogP contribution < -0.4 is 0 Å². The van der Waals surface area contributed by atoms with Crippen molar-refractivity contribution in [3.8, 4) is 12.3 Å². The van der Waals surface area contributed by atoms with Crippen molar-refractivity contribution in [1.82, 2.24) is 0 Å². The maximum atomic E-state index is 5.90. The van der Waals surface area contributed by atoms with Crippen LogP contribution in [0.5, 0.6) is 0 Å². The van der Waals surface area contributed by atoms with E-state index in [2.05, 4.69) is 31.0 Å². The van der Waals surface area contributed by atoms with Gasteiger partial charge in [-0.05, 0) is 49.7 Å². The van der Waals surface area contributed by atoms with Gasteiger partial charge in [0.2, 0.25) is 0 Å². The fraction of sp³-hybridized carbons (Fsp3) is 0.158. The summed E-state index contributed by atoms with van der Waals surface area (Å²) in [6.45, 7) is 4.08. The zero-order chi connectivity index (χ0) is 14.8. The number of benzene rings is 1. The third-order valence-corrected chi connectivity index (χ3v) is 4.58. The van der Waals surface area contributed by atoms with E-state index in [0.717, 1.165) is 22.6 Å². The minimum absolute atomic E-state index is 0.0599. The molecule has 0 bridgehead atoms. The minimum Gasteiger partial charge on any atom is -0.465 e. The number of furan rings is 1. The van der Waals surface area contributed by atoms with Crippen LogP contribution in [0.4, 0.5) is 0 Å². The van der Waals surface area contributed by atoms with E-state index < -0.39 is 0 Å². The lowest BCUT2D eigenvalue weighted by molar-refractivity contribution is 0.479. The minimum atomic E-state index is 0.0599. The fourth-order valence-corrected chi connectivity index (χ4v) is 3.55. The summed E-state index contributed by atoms with van der Waals surface area (Å²) < 4.78 is 5.90. The van der Waals surface area contributed by atoms with Gasteiger partial charge in [0.1, 0.15) is 11.5 Å². The first kappa shape index (κ1) is 13.7. The monoisotopic (exact) mass is 292 g/mol. The van der Waals surface area contributed by atoms with Gasteiger partial charge < -0.3 is 4.42 Å². The summed E-state index contributed by atoms with van der Waals surface area (Å²) in [7, 11) is 0. The summed E-state index contributed by atoms with van der Waals surface area (Å²) in [5.41, 5.74) is 2.04. The van der Waals surface area contributed by atoms with Gasteiger partial charge in [-0.15, -0.1) is 17.8 Å². The molecule has 2 heterocycles. The fourth-order valence-electron chi connectivity index (χ4n) is 2.54. The molecule has 1 unspecified atom stereocenters. The summed E-state index contributed by atoms with van der Waals surface area (Å²) in [4.78, 5) is 2.54. The molecule has 0 N–H and O–H groups in total. The van der Waals surface area contributed by atoms with Crippen molar-refractivity contribution in [1.29, 1.82) is 0 Å². The smallest absolute Gasteiger partial charge is 0.116 e. The summed E-state index contributed by atoms with van der Waals surface area (Å²) in [5, 5.41) is 0. The number of hydrogen-bond donors (Lipinski definition) is 0. The molecule has 1 nitrogen and oxygen atoms in total. The largest absolute Gasteiger partial charge is 0.465 e. The molecular weight excluding hydrogens is 276 g/mol. The third-order valence-electron chi connectivity index (χ3n) is 3.52. The van der Waals surface area contributed by atoms with Gasteiger partial charge in [-0.3, -0.25) is 0 Å². The standard InChI is InChI=1S/C19H16OS/c1-4-15-7-5-6-8-16(15)19(17-11-9-13(2)20-17)18-12-10-14(3)21-18/h1,5-12,19H,2-3H3. The molecule has 3 aromatic rings. The van der Waals surface area contributed by atoms with E-state index in [1.165, 1.54) is 9.75 Å². The molecule has 104 valence electrons. The van der Waals surface area contributed by atoms with Crippen LogP contribution >= 0.6 is 11.3 Å². The molecular formula is C19H16OS. The van der Waals surface area contributed by atoms with E-state index in [0.29, 0.717) is 0 Å². The highest BCUT2D eigenvalue weighted by atomic mass is 32.1. The molecule has 0 aliphatic carbocycles. The Bertz CT molecular complexity index is 761. The molecule has 0 amide bonds. The van der Waals surface area contributed by atoms with E-state index in [-0.39, 0.29) is 5.92 Å². The van der Waals surface area contributed by atoms with Gasteiger partial charge in [0.05, 0.1) is 5.92 Å². The molecule has 1 aromatic carbocycles. The molecule has 0 radical (unpaired) electrons. The van der Waals surface area contributed by atoms with Crippen LogP contribution in [0.15, 0.2) is 52.9 Å². The van der Waals surface area contributed by atoms with Crippen LogP contribution in [-0.4, -0.2) is 0 Å². The lowest BCUT2D eigenvalue weighted by Crippen LogP contribution is -2.02. The number of aryl methyl sites for hydroxylation is 2. The first-order chi connectivity index (χ1) is 10.2. The van der Waals surface area contributed by atoms with E-state index >= 15 is 0 Å².